The molecule has 5 nitrogen and oxygen atoms in total. The van der Waals surface area contributed by atoms with Crippen molar-refractivity contribution in [3.63, 3.8) is 0 Å². The Bertz CT molecular complexity index is 777. The molecule has 2 aromatic rings. The SMILES string of the molecule is COc1ccc([C@@H](C)NC(=S)Nc2cccc(C(C)=O)c2)cc1OC. The third-order valence-electron chi connectivity index (χ3n) is 3.78. The lowest BCUT2D eigenvalue weighted by atomic mass is 10.1. The molecule has 0 bridgehead atoms. The second-order valence-electron chi connectivity index (χ2n) is 5.57. The van der Waals surface area contributed by atoms with E-state index in [0.717, 1.165) is 11.3 Å². The van der Waals surface area contributed by atoms with Crippen molar-refractivity contribution in [2.24, 2.45) is 0 Å². The van der Waals surface area contributed by atoms with Gasteiger partial charge in [0, 0.05) is 11.3 Å². The first-order valence-corrected chi connectivity index (χ1v) is 8.26. The summed E-state index contributed by atoms with van der Waals surface area (Å²) in [4.78, 5) is 11.5. The van der Waals surface area contributed by atoms with E-state index >= 15 is 0 Å². The molecule has 0 aromatic heterocycles. The van der Waals surface area contributed by atoms with Gasteiger partial charge in [-0.3, -0.25) is 4.79 Å². The van der Waals surface area contributed by atoms with Crippen LogP contribution in [-0.2, 0) is 0 Å². The minimum absolute atomic E-state index is 0.0150. The molecule has 0 unspecified atom stereocenters. The van der Waals surface area contributed by atoms with Crippen LogP contribution in [0.2, 0.25) is 0 Å². The summed E-state index contributed by atoms with van der Waals surface area (Å²) < 4.78 is 10.6. The normalized spacial score (nSPS) is 11.4. The Kier molecular flexibility index (Phi) is 6.36. The van der Waals surface area contributed by atoms with Crippen molar-refractivity contribution in [1.82, 2.24) is 5.32 Å². The van der Waals surface area contributed by atoms with Crippen LogP contribution in [-0.4, -0.2) is 25.1 Å². The number of nitrogens with one attached hydrogen (secondary N) is 2. The van der Waals surface area contributed by atoms with E-state index in [1.165, 1.54) is 6.92 Å². The number of methoxy groups -OCH3 is 2. The topological polar surface area (TPSA) is 59.6 Å². The summed E-state index contributed by atoms with van der Waals surface area (Å²) in [6, 6.07) is 12.9. The number of carbonyl (C=O) groups excluding carboxylic acids is 1. The van der Waals surface area contributed by atoms with Gasteiger partial charge in [-0.15, -0.1) is 0 Å². The van der Waals surface area contributed by atoms with Gasteiger partial charge in [-0.05, 0) is 55.9 Å². The van der Waals surface area contributed by atoms with E-state index in [9.17, 15) is 4.79 Å². The van der Waals surface area contributed by atoms with Crippen LogP contribution in [0.25, 0.3) is 0 Å². The van der Waals surface area contributed by atoms with Crippen LogP contribution in [0, 0.1) is 0 Å². The number of hydrogen-bond donors (Lipinski definition) is 2. The highest BCUT2D eigenvalue weighted by atomic mass is 32.1. The number of rotatable bonds is 6. The molecular weight excluding hydrogens is 336 g/mol. The van der Waals surface area contributed by atoms with E-state index in [2.05, 4.69) is 10.6 Å². The lowest BCUT2D eigenvalue weighted by Crippen LogP contribution is -2.30. The van der Waals surface area contributed by atoms with E-state index in [0.29, 0.717) is 22.2 Å². The highest BCUT2D eigenvalue weighted by molar-refractivity contribution is 7.80. The van der Waals surface area contributed by atoms with Gasteiger partial charge in [-0.25, -0.2) is 0 Å². The fraction of sp³-hybridized carbons (Fsp3) is 0.263. The molecule has 132 valence electrons. The molecule has 0 fully saturated rings. The van der Waals surface area contributed by atoms with Crippen LogP contribution in [0.15, 0.2) is 42.5 Å². The summed E-state index contributed by atoms with van der Waals surface area (Å²) in [6.07, 6.45) is 0. The zero-order chi connectivity index (χ0) is 18.4. The Labute approximate surface area is 153 Å². The molecule has 2 rings (SSSR count). The molecular formula is C19H22N2O3S. The first-order valence-electron chi connectivity index (χ1n) is 7.85. The van der Waals surface area contributed by atoms with Gasteiger partial charge >= 0.3 is 0 Å². The smallest absolute Gasteiger partial charge is 0.171 e. The highest BCUT2D eigenvalue weighted by Crippen LogP contribution is 2.29. The Morgan fingerprint density at radius 1 is 1.08 bits per heavy atom. The van der Waals surface area contributed by atoms with Crippen molar-refractivity contribution in [2.75, 3.05) is 19.5 Å². The van der Waals surface area contributed by atoms with Crippen LogP contribution >= 0.6 is 12.2 Å². The molecule has 0 radical (unpaired) electrons. The maximum absolute atomic E-state index is 11.5. The summed E-state index contributed by atoms with van der Waals surface area (Å²) in [7, 11) is 3.21. The van der Waals surface area contributed by atoms with Crippen molar-refractivity contribution >= 4 is 28.8 Å². The predicted octanol–water partition coefficient (Wildman–Crippen LogP) is 3.95. The Morgan fingerprint density at radius 2 is 1.80 bits per heavy atom. The fourth-order valence-electron chi connectivity index (χ4n) is 2.39. The van der Waals surface area contributed by atoms with E-state index in [-0.39, 0.29) is 11.8 Å². The molecule has 0 aliphatic heterocycles. The Balaban J connectivity index is 2.05. The molecule has 0 aliphatic rings. The van der Waals surface area contributed by atoms with Crippen molar-refractivity contribution in [1.29, 1.82) is 0 Å². The molecule has 0 saturated heterocycles. The van der Waals surface area contributed by atoms with Crippen molar-refractivity contribution in [3.05, 3.63) is 53.6 Å². The summed E-state index contributed by atoms with van der Waals surface area (Å²) >= 11 is 5.37. The number of hydrogen-bond acceptors (Lipinski definition) is 4. The average molecular weight is 358 g/mol. The molecule has 1 atom stereocenters. The Hall–Kier alpha value is -2.60. The summed E-state index contributed by atoms with van der Waals surface area (Å²) in [5.74, 6) is 1.36. The fourth-order valence-corrected chi connectivity index (χ4v) is 2.68. The number of anilines is 1. The predicted molar refractivity (Wildman–Crippen MR) is 104 cm³/mol. The van der Waals surface area contributed by atoms with Crippen molar-refractivity contribution < 1.29 is 14.3 Å². The zero-order valence-corrected chi connectivity index (χ0v) is 15.6. The monoisotopic (exact) mass is 358 g/mol. The number of thiocarbonyl (C=S) groups is 1. The zero-order valence-electron chi connectivity index (χ0n) is 14.8. The molecule has 2 aromatic carbocycles. The molecule has 0 amide bonds. The molecule has 0 spiro atoms. The van der Waals surface area contributed by atoms with Crippen molar-refractivity contribution in [2.45, 2.75) is 19.9 Å². The molecule has 0 saturated carbocycles. The van der Waals surface area contributed by atoms with Gasteiger partial charge < -0.3 is 20.1 Å². The van der Waals surface area contributed by atoms with E-state index in [4.69, 9.17) is 21.7 Å². The van der Waals surface area contributed by atoms with Gasteiger partial charge in [0.1, 0.15) is 0 Å². The average Bonchev–Trinajstić information content (AvgIpc) is 2.61. The number of carbonyl (C=O) groups is 1. The molecule has 25 heavy (non-hydrogen) atoms. The quantitative estimate of drug-likeness (QED) is 0.602. The van der Waals surface area contributed by atoms with E-state index in [1.54, 1.807) is 26.4 Å². The van der Waals surface area contributed by atoms with E-state index in [1.807, 2.05) is 37.3 Å². The van der Waals surface area contributed by atoms with Gasteiger partial charge in [-0.2, -0.15) is 0 Å². The molecule has 0 aliphatic carbocycles. The first-order chi connectivity index (χ1) is 11.9. The standard InChI is InChI=1S/C19H22N2O3S/c1-12(14-8-9-17(23-3)18(11-14)24-4)20-19(25)21-16-7-5-6-15(10-16)13(2)22/h5-12H,1-4H3,(H2,20,21,25)/t12-/m1/s1. The largest absolute Gasteiger partial charge is 0.493 e. The lowest BCUT2D eigenvalue weighted by molar-refractivity contribution is 0.101. The second-order valence-corrected chi connectivity index (χ2v) is 5.98. The van der Waals surface area contributed by atoms with Crippen LogP contribution in [0.4, 0.5) is 5.69 Å². The number of ether oxygens (including phenoxy) is 2. The van der Waals surface area contributed by atoms with Crippen LogP contribution in [0.3, 0.4) is 0 Å². The summed E-state index contributed by atoms with van der Waals surface area (Å²) in [5.41, 5.74) is 2.42. The van der Waals surface area contributed by atoms with Gasteiger partial charge in [0.25, 0.3) is 0 Å². The third kappa shape index (κ3) is 4.93. The Morgan fingerprint density at radius 3 is 2.44 bits per heavy atom. The summed E-state index contributed by atoms with van der Waals surface area (Å²) in [5, 5.41) is 6.80. The third-order valence-corrected chi connectivity index (χ3v) is 4.00. The maximum atomic E-state index is 11.5. The second kappa shape index (κ2) is 8.48. The molecule has 0 heterocycles. The molecule has 6 heteroatoms. The summed E-state index contributed by atoms with van der Waals surface area (Å²) in [6.45, 7) is 3.54. The number of Topliss-reactive ketones (excluding diaryl/α,β-unsaturated/α-hetero) is 1. The van der Waals surface area contributed by atoms with Gasteiger partial charge in [-0.1, -0.05) is 18.2 Å². The molecule has 2 N–H and O–H groups in total. The number of ketones is 1. The van der Waals surface area contributed by atoms with Gasteiger partial charge in [0.15, 0.2) is 22.4 Å². The number of benzene rings is 2. The first kappa shape index (κ1) is 18.7. The van der Waals surface area contributed by atoms with Gasteiger partial charge in [0.05, 0.1) is 20.3 Å². The van der Waals surface area contributed by atoms with Crippen molar-refractivity contribution in [3.8, 4) is 11.5 Å². The maximum Gasteiger partial charge on any atom is 0.171 e. The van der Waals surface area contributed by atoms with Gasteiger partial charge in [0.2, 0.25) is 0 Å². The minimum Gasteiger partial charge on any atom is -0.493 e. The van der Waals surface area contributed by atoms with E-state index < -0.39 is 0 Å². The lowest BCUT2D eigenvalue weighted by Gasteiger charge is -2.19. The van der Waals surface area contributed by atoms with Crippen LogP contribution in [0.5, 0.6) is 11.5 Å². The highest BCUT2D eigenvalue weighted by Gasteiger charge is 2.11. The minimum atomic E-state index is -0.0317. The van der Waals surface area contributed by atoms with Crippen LogP contribution < -0.4 is 20.1 Å². The van der Waals surface area contributed by atoms with Crippen LogP contribution in [0.1, 0.15) is 35.8 Å².